The molecule has 0 unspecified atom stereocenters. The smallest absolute Gasteiger partial charge is 0.326 e. The van der Waals surface area contributed by atoms with Crippen molar-refractivity contribution >= 4 is 46.1 Å². The van der Waals surface area contributed by atoms with Gasteiger partial charge in [-0.3, -0.25) is 4.79 Å². The van der Waals surface area contributed by atoms with Gasteiger partial charge in [0.15, 0.2) is 0 Å². The van der Waals surface area contributed by atoms with Gasteiger partial charge in [-0.1, -0.05) is 25.4 Å². The SMILES string of the molecule is CC(C)[C@@H](NC(=O)c1ccc(I)cc1Cl)C(=O)O. The normalized spacial score (nSPS) is 12.3. The van der Waals surface area contributed by atoms with E-state index < -0.39 is 17.9 Å². The van der Waals surface area contributed by atoms with E-state index in [0.717, 1.165) is 3.57 Å². The average Bonchev–Trinajstić information content (AvgIpc) is 2.24. The first kappa shape index (κ1) is 15.2. The molecule has 0 aliphatic carbocycles. The lowest BCUT2D eigenvalue weighted by atomic mass is 10.0. The number of rotatable bonds is 4. The van der Waals surface area contributed by atoms with Crippen LogP contribution < -0.4 is 5.32 Å². The van der Waals surface area contributed by atoms with E-state index >= 15 is 0 Å². The Morgan fingerprint density at radius 3 is 2.44 bits per heavy atom. The molecule has 0 aliphatic heterocycles. The lowest BCUT2D eigenvalue weighted by molar-refractivity contribution is -0.140. The van der Waals surface area contributed by atoms with Crippen molar-refractivity contribution in [1.29, 1.82) is 0 Å². The third kappa shape index (κ3) is 3.84. The Labute approximate surface area is 124 Å². The van der Waals surface area contributed by atoms with Crippen molar-refractivity contribution in [1.82, 2.24) is 5.32 Å². The molecule has 1 rings (SSSR count). The highest BCUT2D eigenvalue weighted by atomic mass is 127. The van der Waals surface area contributed by atoms with Crippen LogP contribution in [0.2, 0.25) is 5.02 Å². The largest absolute Gasteiger partial charge is 0.480 e. The molecule has 0 aliphatic rings. The summed E-state index contributed by atoms with van der Waals surface area (Å²) in [5.74, 6) is -1.73. The van der Waals surface area contributed by atoms with E-state index in [4.69, 9.17) is 16.7 Å². The van der Waals surface area contributed by atoms with Gasteiger partial charge in [0.05, 0.1) is 10.6 Å². The van der Waals surface area contributed by atoms with Crippen molar-refractivity contribution in [3.63, 3.8) is 0 Å². The van der Waals surface area contributed by atoms with Crippen molar-refractivity contribution in [2.45, 2.75) is 19.9 Å². The maximum atomic E-state index is 11.9. The van der Waals surface area contributed by atoms with Gasteiger partial charge < -0.3 is 10.4 Å². The van der Waals surface area contributed by atoms with Crippen molar-refractivity contribution in [3.8, 4) is 0 Å². The summed E-state index contributed by atoms with van der Waals surface area (Å²) in [6.07, 6.45) is 0. The number of carbonyl (C=O) groups excluding carboxylic acids is 1. The monoisotopic (exact) mass is 381 g/mol. The zero-order valence-corrected chi connectivity index (χ0v) is 12.8. The number of halogens is 2. The van der Waals surface area contributed by atoms with E-state index in [1.54, 1.807) is 32.0 Å². The van der Waals surface area contributed by atoms with Crippen LogP contribution >= 0.6 is 34.2 Å². The molecule has 0 spiro atoms. The van der Waals surface area contributed by atoms with Gasteiger partial charge in [-0.05, 0) is 46.7 Å². The Balaban J connectivity index is 2.91. The maximum absolute atomic E-state index is 11.9. The number of carboxylic acid groups (broad SMARTS) is 1. The van der Waals surface area contributed by atoms with Crippen molar-refractivity contribution in [2.75, 3.05) is 0 Å². The number of hydrogen-bond acceptors (Lipinski definition) is 2. The zero-order chi connectivity index (χ0) is 13.9. The zero-order valence-electron chi connectivity index (χ0n) is 9.91. The number of hydrogen-bond donors (Lipinski definition) is 2. The quantitative estimate of drug-likeness (QED) is 0.788. The average molecular weight is 382 g/mol. The molecule has 18 heavy (non-hydrogen) atoms. The molecule has 0 aromatic heterocycles. The fraction of sp³-hybridized carbons (Fsp3) is 0.333. The Morgan fingerprint density at radius 1 is 1.39 bits per heavy atom. The van der Waals surface area contributed by atoms with Gasteiger partial charge in [0.25, 0.3) is 5.91 Å². The second-order valence-corrected chi connectivity index (χ2v) is 5.81. The van der Waals surface area contributed by atoms with Gasteiger partial charge in [0.1, 0.15) is 6.04 Å². The molecule has 98 valence electrons. The van der Waals surface area contributed by atoms with E-state index in [0.29, 0.717) is 5.02 Å². The van der Waals surface area contributed by atoms with Gasteiger partial charge in [0, 0.05) is 3.57 Å². The number of aliphatic carboxylic acids is 1. The predicted molar refractivity (Wildman–Crippen MR) is 77.9 cm³/mol. The number of carboxylic acids is 1. The first-order valence-corrected chi connectivity index (χ1v) is 6.77. The number of nitrogens with one attached hydrogen (secondary N) is 1. The molecule has 4 nitrogen and oxygen atoms in total. The van der Waals surface area contributed by atoms with Crippen molar-refractivity contribution in [3.05, 3.63) is 32.4 Å². The number of amides is 1. The Kier molecular flexibility index (Phi) is 5.40. The van der Waals surface area contributed by atoms with Gasteiger partial charge in [0.2, 0.25) is 0 Å². The first-order valence-electron chi connectivity index (χ1n) is 5.31. The van der Waals surface area contributed by atoms with Gasteiger partial charge in [-0.2, -0.15) is 0 Å². The highest BCUT2D eigenvalue weighted by molar-refractivity contribution is 14.1. The van der Waals surface area contributed by atoms with Gasteiger partial charge in [-0.15, -0.1) is 0 Å². The molecule has 6 heteroatoms. The lowest BCUT2D eigenvalue weighted by Crippen LogP contribution is -2.44. The molecule has 0 bridgehead atoms. The molecule has 1 atom stereocenters. The topological polar surface area (TPSA) is 66.4 Å². The maximum Gasteiger partial charge on any atom is 0.326 e. The summed E-state index contributed by atoms with van der Waals surface area (Å²) in [6, 6.07) is 4.06. The van der Waals surface area contributed by atoms with Crippen LogP contribution in [0.1, 0.15) is 24.2 Å². The minimum Gasteiger partial charge on any atom is -0.480 e. The Morgan fingerprint density at radius 2 is 2.00 bits per heavy atom. The van der Waals surface area contributed by atoms with E-state index in [2.05, 4.69) is 27.9 Å². The van der Waals surface area contributed by atoms with E-state index in [-0.39, 0.29) is 11.5 Å². The minimum absolute atomic E-state index is 0.200. The molecule has 1 aromatic carbocycles. The molecule has 1 aromatic rings. The number of carbonyl (C=O) groups is 2. The fourth-order valence-electron chi connectivity index (χ4n) is 1.41. The lowest BCUT2D eigenvalue weighted by Gasteiger charge is -2.18. The molecular formula is C12H13ClINO3. The second-order valence-electron chi connectivity index (χ2n) is 4.16. The van der Waals surface area contributed by atoms with Crippen LogP contribution in [0.3, 0.4) is 0 Å². The Hall–Kier alpha value is -0.820. The number of benzene rings is 1. The van der Waals surface area contributed by atoms with Crippen LogP contribution in [0.4, 0.5) is 0 Å². The van der Waals surface area contributed by atoms with Crippen LogP contribution in [-0.2, 0) is 4.79 Å². The molecule has 2 N–H and O–H groups in total. The third-order valence-electron chi connectivity index (χ3n) is 2.40. The molecular weight excluding hydrogens is 368 g/mol. The fourth-order valence-corrected chi connectivity index (χ4v) is 2.35. The standard InChI is InChI=1S/C12H13ClINO3/c1-6(2)10(12(17)18)15-11(16)8-4-3-7(14)5-9(8)13/h3-6,10H,1-2H3,(H,15,16)(H,17,18)/t10-/m1/s1. The molecule has 0 saturated heterocycles. The summed E-state index contributed by atoms with van der Waals surface area (Å²) in [7, 11) is 0. The predicted octanol–water partition coefficient (Wildman–Crippen LogP) is 2.78. The van der Waals surface area contributed by atoms with Crippen LogP contribution in [-0.4, -0.2) is 23.0 Å². The second kappa shape index (κ2) is 6.38. The van der Waals surface area contributed by atoms with Crippen LogP contribution in [0.15, 0.2) is 18.2 Å². The molecule has 0 fully saturated rings. The summed E-state index contributed by atoms with van der Waals surface area (Å²) < 4.78 is 0.910. The van der Waals surface area contributed by atoms with Crippen LogP contribution in [0.5, 0.6) is 0 Å². The molecule has 0 radical (unpaired) electrons. The van der Waals surface area contributed by atoms with Crippen LogP contribution in [0, 0.1) is 9.49 Å². The van der Waals surface area contributed by atoms with E-state index in [1.165, 1.54) is 0 Å². The third-order valence-corrected chi connectivity index (χ3v) is 3.38. The summed E-state index contributed by atoms with van der Waals surface area (Å²) in [6.45, 7) is 3.46. The van der Waals surface area contributed by atoms with E-state index in [9.17, 15) is 9.59 Å². The van der Waals surface area contributed by atoms with Crippen LogP contribution in [0.25, 0.3) is 0 Å². The van der Waals surface area contributed by atoms with Crippen molar-refractivity contribution < 1.29 is 14.7 Å². The molecule has 1 amide bonds. The summed E-state index contributed by atoms with van der Waals surface area (Å²) in [5, 5.41) is 11.8. The minimum atomic E-state index is -1.06. The molecule has 0 saturated carbocycles. The van der Waals surface area contributed by atoms with Crippen molar-refractivity contribution in [2.24, 2.45) is 5.92 Å². The first-order chi connectivity index (χ1) is 8.32. The van der Waals surface area contributed by atoms with E-state index in [1.807, 2.05) is 0 Å². The molecule has 0 heterocycles. The highest BCUT2D eigenvalue weighted by Gasteiger charge is 2.24. The summed E-state index contributed by atoms with van der Waals surface area (Å²) in [4.78, 5) is 22.9. The van der Waals surface area contributed by atoms with Gasteiger partial charge >= 0.3 is 5.97 Å². The summed E-state index contributed by atoms with van der Waals surface area (Å²) >= 11 is 8.04. The Bertz CT molecular complexity index is 476. The highest BCUT2D eigenvalue weighted by Crippen LogP contribution is 2.19. The van der Waals surface area contributed by atoms with Gasteiger partial charge in [-0.25, -0.2) is 4.79 Å². The summed E-state index contributed by atoms with van der Waals surface area (Å²) in [5.41, 5.74) is 0.281.